The number of urea groups is 1. The van der Waals surface area contributed by atoms with E-state index in [2.05, 4.69) is 31.4 Å². The largest absolute Gasteiger partial charge is 0.322 e. The zero-order valence-corrected chi connectivity index (χ0v) is 23.0. The van der Waals surface area contributed by atoms with Crippen molar-refractivity contribution in [3.8, 4) is 5.69 Å². The van der Waals surface area contributed by atoms with E-state index in [0.29, 0.717) is 30.4 Å². The first-order chi connectivity index (χ1) is 17.3. The van der Waals surface area contributed by atoms with Gasteiger partial charge in [-0.1, -0.05) is 64.4 Å². The van der Waals surface area contributed by atoms with Crippen molar-refractivity contribution in [1.29, 1.82) is 0 Å². The molecule has 0 radical (unpaired) electrons. The van der Waals surface area contributed by atoms with Crippen molar-refractivity contribution in [1.82, 2.24) is 14.7 Å². The van der Waals surface area contributed by atoms with E-state index >= 15 is 0 Å². The molecule has 7 nitrogen and oxygen atoms in total. The van der Waals surface area contributed by atoms with Crippen LogP contribution in [0.5, 0.6) is 0 Å². The first kappa shape index (κ1) is 28.2. The number of benzene rings is 2. The van der Waals surface area contributed by atoms with Gasteiger partial charge in [0, 0.05) is 23.7 Å². The maximum Gasteiger partial charge on any atom is 0.322 e. The standard InChI is InChI=1S/C28H35ClFN5O2/c1-18(2)13-14-34(27(37)31-20-11-12-22(30)21(29)15-20)17-26(36)32-25-16-24(28(4,5)6)33-35(25)23-10-8-7-9-19(23)3/h7-12,15-16,18H,13-14,17H2,1-6H3,(H,31,37)(H,32,36). The fraction of sp³-hybridized carbons (Fsp3) is 0.393. The summed E-state index contributed by atoms with van der Waals surface area (Å²) in [4.78, 5) is 27.7. The number of hydrogen-bond acceptors (Lipinski definition) is 3. The van der Waals surface area contributed by atoms with Crippen LogP contribution in [0.2, 0.25) is 5.02 Å². The summed E-state index contributed by atoms with van der Waals surface area (Å²) < 4.78 is 15.3. The lowest BCUT2D eigenvalue weighted by molar-refractivity contribution is -0.116. The molecule has 0 spiro atoms. The van der Waals surface area contributed by atoms with Gasteiger partial charge in [0.2, 0.25) is 5.91 Å². The van der Waals surface area contributed by atoms with E-state index in [4.69, 9.17) is 16.7 Å². The molecule has 0 saturated heterocycles. The molecule has 0 saturated carbocycles. The molecule has 1 heterocycles. The van der Waals surface area contributed by atoms with E-state index in [1.165, 1.54) is 23.1 Å². The van der Waals surface area contributed by atoms with Gasteiger partial charge in [-0.25, -0.2) is 13.9 Å². The number of carbonyl (C=O) groups is 2. The Morgan fingerprint density at radius 1 is 1.11 bits per heavy atom. The van der Waals surface area contributed by atoms with E-state index in [-0.39, 0.29) is 22.9 Å². The molecular formula is C28H35ClFN5O2. The number of anilines is 2. The first-order valence-electron chi connectivity index (χ1n) is 12.3. The van der Waals surface area contributed by atoms with E-state index in [0.717, 1.165) is 16.9 Å². The molecule has 1 aromatic heterocycles. The summed E-state index contributed by atoms with van der Waals surface area (Å²) in [6.45, 7) is 12.5. The van der Waals surface area contributed by atoms with Crippen molar-refractivity contribution < 1.29 is 14.0 Å². The number of nitrogens with one attached hydrogen (secondary N) is 2. The molecule has 3 aromatic rings. The van der Waals surface area contributed by atoms with E-state index in [1.807, 2.05) is 51.1 Å². The SMILES string of the molecule is Cc1ccccc1-n1nc(C(C)(C)C)cc1NC(=O)CN(CCC(C)C)C(=O)Nc1ccc(F)c(Cl)c1. The van der Waals surface area contributed by atoms with Crippen LogP contribution >= 0.6 is 11.6 Å². The number of para-hydroxylation sites is 1. The Hall–Kier alpha value is -3.39. The van der Waals surface area contributed by atoms with Gasteiger partial charge in [-0.2, -0.15) is 5.10 Å². The minimum Gasteiger partial charge on any atom is -0.315 e. The highest BCUT2D eigenvalue weighted by atomic mass is 35.5. The van der Waals surface area contributed by atoms with Gasteiger partial charge in [0.05, 0.1) is 16.4 Å². The normalized spacial score (nSPS) is 11.5. The molecule has 0 fully saturated rings. The first-order valence-corrected chi connectivity index (χ1v) is 12.7. The molecule has 0 bridgehead atoms. The lowest BCUT2D eigenvalue weighted by Crippen LogP contribution is -2.41. The van der Waals surface area contributed by atoms with Gasteiger partial charge in [-0.05, 0) is 49.1 Å². The Morgan fingerprint density at radius 3 is 2.43 bits per heavy atom. The lowest BCUT2D eigenvalue weighted by Gasteiger charge is -2.23. The highest BCUT2D eigenvalue weighted by Crippen LogP contribution is 2.27. The van der Waals surface area contributed by atoms with Gasteiger partial charge in [0.15, 0.2) is 0 Å². The van der Waals surface area contributed by atoms with Crippen molar-refractivity contribution in [2.24, 2.45) is 5.92 Å². The summed E-state index contributed by atoms with van der Waals surface area (Å²) >= 11 is 5.85. The predicted octanol–water partition coefficient (Wildman–Crippen LogP) is 6.79. The molecule has 3 amide bonds. The van der Waals surface area contributed by atoms with E-state index in [9.17, 15) is 14.0 Å². The third-order valence-electron chi connectivity index (χ3n) is 5.86. The van der Waals surface area contributed by atoms with Crippen LogP contribution in [0.15, 0.2) is 48.5 Å². The summed E-state index contributed by atoms with van der Waals surface area (Å²) in [5.74, 6) is -0.0731. The van der Waals surface area contributed by atoms with E-state index in [1.54, 1.807) is 4.68 Å². The topological polar surface area (TPSA) is 79.3 Å². The minimum atomic E-state index is -0.574. The third kappa shape index (κ3) is 7.55. The van der Waals surface area contributed by atoms with Crippen LogP contribution in [0.1, 0.15) is 52.3 Å². The number of hydrogen-bond donors (Lipinski definition) is 2. The number of halogens is 2. The number of aromatic nitrogens is 2. The second kappa shape index (κ2) is 11.8. The molecule has 37 heavy (non-hydrogen) atoms. The van der Waals surface area contributed by atoms with Gasteiger partial charge in [0.1, 0.15) is 18.2 Å². The van der Waals surface area contributed by atoms with Gasteiger partial charge in [-0.15, -0.1) is 0 Å². The van der Waals surface area contributed by atoms with Crippen molar-refractivity contribution in [3.63, 3.8) is 0 Å². The fourth-order valence-corrected chi connectivity index (χ4v) is 3.80. The van der Waals surface area contributed by atoms with Crippen LogP contribution in [-0.2, 0) is 10.2 Å². The van der Waals surface area contributed by atoms with E-state index < -0.39 is 11.8 Å². The van der Waals surface area contributed by atoms with Crippen molar-refractivity contribution in [2.75, 3.05) is 23.7 Å². The molecule has 0 aliphatic heterocycles. The Labute approximate surface area is 223 Å². The number of aryl methyl sites for hydroxylation is 1. The van der Waals surface area contributed by atoms with Crippen molar-refractivity contribution in [2.45, 2.75) is 53.4 Å². The molecule has 9 heteroatoms. The maximum atomic E-state index is 13.5. The zero-order chi connectivity index (χ0) is 27.3. The predicted molar refractivity (Wildman–Crippen MR) is 147 cm³/mol. The Bertz CT molecular complexity index is 1270. The second-order valence-electron chi connectivity index (χ2n) is 10.6. The number of nitrogens with zero attached hydrogens (tertiary/aromatic N) is 3. The average Bonchev–Trinajstić information content (AvgIpc) is 3.23. The highest BCUT2D eigenvalue weighted by molar-refractivity contribution is 6.31. The highest BCUT2D eigenvalue weighted by Gasteiger charge is 2.24. The van der Waals surface area contributed by atoms with Gasteiger partial charge in [0.25, 0.3) is 0 Å². The number of carbonyl (C=O) groups excluding carboxylic acids is 2. The smallest absolute Gasteiger partial charge is 0.315 e. The molecule has 0 aliphatic carbocycles. The Balaban J connectivity index is 1.83. The van der Waals surface area contributed by atoms with Crippen LogP contribution in [0, 0.1) is 18.7 Å². The van der Waals surface area contributed by atoms with Gasteiger partial charge >= 0.3 is 6.03 Å². The molecule has 2 N–H and O–H groups in total. The average molecular weight is 528 g/mol. The van der Waals surface area contributed by atoms with Crippen LogP contribution < -0.4 is 10.6 Å². The van der Waals surface area contributed by atoms with Crippen LogP contribution in [0.4, 0.5) is 20.7 Å². The van der Waals surface area contributed by atoms with Crippen LogP contribution in [-0.4, -0.2) is 39.7 Å². The molecule has 0 unspecified atom stereocenters. The molecule has 3 rings (SSSR count). The van der Waals surface area contributed by atoms with Gasteiger partial charge < -0.3 is 15.5 Å². The minimum absolute atomic E-state index is 0.0941. The zero-order valence-electron chi connectivity index (χ0n) is 22.2. The Kier molecular flexibility index (Phi) is 8.97. The molecular weight excluding hydrogens is 493 g/mol. The van der Waals surface area contributed by atoms with Crippen molar-refractivity contribution in [3.05, 3.63) is 70.6 Å². The number of rotatable bonds is 8. The Morgan fingerprint density at radius 2 is 1.81 bits per heavy atom. The summed E-state index contributed by atoms with van der Waals surface area (Å²) in [5.41, 5.74) is 2.81. The quantitative estimate of drug-likeness (QED) is 0.338. The summed E-state index contributed by atoms with van der Waals surface area (Å²) in [7, 11) is 0. The maximum absolute atomic E-state index is 13.5. The lowest BCUT2D eigenvalue weighted by atomic mass is 9.92. The fourth-order valence-electron chi connectivity index (χ4n) is 3.62. The monoisotopic (exact) mass is 527 g/mol. The van der Waals surface area contributed by atoms with Crippen LogP contribution in [0.25, 0.3) is 5.69 Å². The molecule has 0 atom stereocenters. The third-order valence-corrected chi connectivity index (χ3v) is 6.15. The molecule has 2 aromatic carbocycles. The second-order valence-corrected chi connectivity index (χ2v) is 11.0. The van der Waals surface area contributed by atoms with Crippen molar-refractivity contribution >= 4 is 35.0 Å². The molecule has 198 valence electrons. The number of amides is 3. The summed E-state index contributed by atoms with van der Waals surface area (Å²) in [5, 5.41) is 10.3. The van der Waals surface area contributed by atoms with Crippen LogP contribution in [0.3, 0.4) is 0 Å². The molecule has 0 aliphatic rings. The summed E-state index contributed by atoms with van der Waals surface area (Å²) in [6, 6.07) is 13.1. The summed E-state index contributed by atoms with van der Waals surface area (Å²) in [6.07, 6.45) is 0.709. The van der Waals surface area contributed by atoms with Gasteiger partial charge in [-0.3, -0.25) is 4.79 Å².